The van der Waals surface area contributed by atoms with Gasteiger partial charge in [-0.05, 0) is 20.8 Å². The largest absolute Gasteiger partial charge is 0.466 e. The number of aryl methyl sites for hydroxylation is 2. The monoisotopic (exact) mass is 209 g/mol. The van der Waals surface area contributed by atoms with Gasteiger partial charge in [0.1, 0.15) is 11.6 Å². The summed E-state index contributed by atoms with van der Waals surface area (Å²) in [6, 6.07) is -0.00898. The number of aromatic nitrogens is 3. The number of hydrogen-bond donors (Lipinski definition) is 0. The topological polar surface area (TPSA) is 57.0 Å². The van der Waals surface area contributed by atoms with Gasteiger partial charge in [-0.3, -0.25) is 0 Å². The van der Waals surface area contributed by atoms with Crippen molar-refractivity contribution in [2.75, 3.05) is 7.11 Å². The van der Waals surface area contributed by atoms with Gasteiger partial charge in [0.15, 0.2) is 0 Å². The standard InChI is InChI=1S/C10H15N3O2/c1-7(5-6-10(14)15-4)13-9(3)11-8(2)12-13/h5-7H,1-4H3/b6-5-. The molecule has 0 aromatic carbocycles. The van der Waals surface area contributed by atoms with Crippen LogP contribution in [0, 0.1) is 13.8 Å². The van der Waals surface area contributed by atoms with Gasteiger partial charge in [-0.2, -0.15) is 5.10 Å². The first kappa shape index (κ1) is 11.4. The molecule has 0 fully saturated rings. The molecule has 0 amide bonds. The molecule has 82 valence electrons. The quantitative estimate of drug-likeness (QED) is 0.554. The Labute approximate surface area is 88.8 Å². The summed E-state index contributed by atoms with van der Waals surface area (Å²) < 4.78 is 6.26. The summed E-state index contributed by atoms with van der Waals surface area (Å²) in [5, 5.41) is 4.22. The van der Waals surface area contributed by atoms with E-state index in [9.17, 15) is 4.79 Å². The Morgan fingerprint density at radius 2 is 2.20 bits per heavy atom. The molecular formula is C10H15N3O2. The van der Waals surface area contributed by atoms with Crippen LogP contribution < -0.4 is 0 Å². The van der Waals surface area contributed by atoms with Crippen LogP contribution in [0.25, 0.3) is 0 Å². The van der Waals surface area contributed by atoms with Crippen molar-refractivity contribution in [3.8, 4) is 0 Å². The molecule has 15 heavy (non-hydrogen) atoms. The van der Waals surface area contributed by atoms with Crippen LogP contribution >= 0.6 is 0 Å². The van der Waals surface area contributed by atoms with Crippen LogP contribution in [0.2, 0.25) is 0 Å². The van der Waals surface area contributed by atoms with Crippen LogP contribution in [0.4, 0.5) is 0 Å². The van der Waals surface area contributed by atoms with Gasteiger partial charge in [0.2, 0.25) is 0 Å². The normalized spacial score (nSPS) is 13.1. The first-order valence-electron chi connectivity index (χ1n) is 4.70. The highest BCUT2D eigenvalue weighted by Gasteiger charge is 2.07. The fourth-order valence-corrected chi connectivity index (χ4v) is 1.29. The summed E-state index contributed by atoms with van der Waals surface area (Å²) in [4.78, 5) is 15.1. The first-order valence-corrected chi connectivity index (χ1v) is 4.70. The third-order valence-corrected chi connectivity index (χ3v) is 2.01. The van der Waals surface area contributed by atoms with Crippen LogP contribution in [-0.4, -0.2) is 27.8 Å². The second-order valence-electron chi connectivity index (χ2n) is 3.27. The number of esters is 1. The SMILES string of the molecule is COC(=O)/C=C\C(C)n1nc(C)nc1C. The molecule has 1 rings (SSSR count). The number of methoxy groups -OCH3 is 1. The number of carbonyl (C=O) groups excluding carboxylic acids is 1. The van der Waals surface area contributed by atoms with Crippen molar-refractivity contribution in [2.45, 2.75) is 26.8 Å². The van der Waals surface area contributed by atoms with Gasteiger partial charge in [0.25, 0.3) is 0 Å². The fourth-order valence-electron chi connectivity index (χ4n) is 1.29. The summed E-state index contributed by atoms with van der Waals surface area (Å²) in [5.41, 5.74) is 0. The maximum absolute atomic E-state index is 10.9. The van der Waals surface area contributed by atoms with Crippen LogP contribution in [0.3, 0.4) is 0 Å². The van der Waals surface area contributed by atoms with E-state index in [4.69, 9.17) is 0 Å². The molecule has 1 heterocycles. The van der Waals surface area contributed by atoms with E-state index in [0.29, 0.717) is 0 Å². The van der Waals surface area contributed by atoms with Crippen molar-refractivity contribution >= 4 is 5.97 Å². The van der Waals surface area contributed by atoms with Crippen molar-refractivity contribution in [2.24, 2.45) is 0 Å². The number of nitrogens with zero attached hydrogens (tertiary/aromatic N) is 3. The minimum atomic E-state index is -0.364. The van der Waals surface area contributed by atoms with Crippen molar-refractivity contribution in [3.05, 3.63) is 23.8 Å². The maximum atomic E-state index is 10.9. The highest BCUT2D eigenvalue weighted by molar-refractivity contribution is 5.81. The summed E-state index contributed by atoms with van der Waals surface area (Å²) in [7, 11) is 1.35. The van der Waals surface area contributed by atoms with Gasteiger partial charge in [0, 0.05) is 6.08 Å². The van der Waals surface area contributed by atoms with Crippen LogP contribution in [0.1, 0.15) is 24.6 Å². The molecule has 0 radical (unpaired) electrons. The van der Waals surface area contributed by atoms with E-state index < -0.39 is 0 Å². The molecule has 0 saturated carbocycles. The second kappa shape index (κ2) is 4.72. The third kappa shape index (κ3) is 2.90. The van der Waals surface area contributed by atoms with Gasteiger partial charge in [-0.25, -0.2) is 14.5 Å². The van der Waals surface area contributed by atoms with E-state index in [1.54, 1.807) is 10.8 Å². The number of carbonyl (C=O) groups is 1. The number of ether oxygens (including phenoxy) is 1. The number of hydrogen-bond acceptors (Lipinski definition) is 4. The highest BCUT2D eigenvalue weighted by atomic mass is 16.5. The minimum Gasteiger partial charge on any atom is -0.466 e. The zero-order valence-corrected chi connectivity index (χ0v) is 9.39. The van der Waals surface area contributed by atoms with Gasteiger partial charge >= 0.3 is 5.97 Å². The lowest BCUT2D eigenvalue weighted by Crippen LogP contribution is -2.07. The van der Waals surface area contributed by atoms with Crippen molar-refractivity contribution in [1.29, 1.82) is 0 Å². The van der Waals surface area contributed by atoms with Gasteiger partial charge in [-0.1, -0.05) is 6.08 Å². The zero-order chi connectivity index (χ0) is 11.4. The van der Waals surface area contributed by atoms with Crippen LogP contribution in [-0.2, 0) is 9.53 Å². The average Bonchev–Trinajstić information content (AvgIpc) is 2.53. The van der Waals surface area contributed by atoms with E-state index in [0.717, 1.165) is 11.6 Å². The molecule has 1 aromatic rings. The molecule has 0 aliphatic rings. The van der Waals surface area contributed by atoms with Gasteiger partial charge in [0.05, 0.1) is 13.2 Å². The molecule has 5 nitrogen and oxygen atoms in total. The molecule has 1 unspecified atom stereocenters. The Morgan fingerprint density at radius 3 is 2.67 bits per heavy atom. The number of rotatable bonds is 3. The molecular weight excluding hydrogens is 194 g/mol. The van der Waals surface area contributed by atoms with Crippen molar-refractivity contribution in [1.82, 2.24) is 14.8 Å². The molecule has 0 saturated heterocycles. The lowest BCUT2D eigenvalue weighted by molar-refractivity contribution is -0.134. The van der Waals surface area contributed by atoms with E-state index in [2.05, 4.69) is 14.8 Å². The second-order valence-corrected chi connectivity index (χ2v) is 3.27. The lowest BCUT2D eigenvalue weighted by atomic mass is 10.3. The molecule has 1 atom stereocenters. The summed E-state index contributed by atoms with van der Waals surface area (Å²) >= 11 is 0. The molecule has 0 aliphatic heterocycles. The highest BCUT2D eigenvalue weighted by Crippen LogP contribution is 2.08. The zero-order valence-electron chi connectivity index (χ0n) is 9.39. The molecule has 0 bridgehead atoms. The average molecular weight is 209 g/mol. The predicted octanol–water partition coefficient (Wildman–Crippen LogP) is 1.19. The summed E-state index contributed by atoms with van der Waals surface area (Å²) in [5.74, 6) is 1.19. The molecule has 5 heteroatoms. The Bertz CT molecular complexity index is 382. The van der Waals surface area contributed by atoms with Crippen LogP contribution in [0.5, 0.6) is 0 Å². The van der Waals surface area contributed by atoms with Crippen molar-refractivity contribution < 1.29 is 9.53 Å². The Kier molecular flexibility index (Phi) is 3.60. The molecule has 0 spiro atoms. The first-order chi connectivity index (χ1) is 7.04. The van der Waals surface area contributed by atoms with Gasteiger partial charge in [-0.15, -0.1) is 0 Å². The Hall–Kier alpha value is -1.65. The van der Waals surface area contributed by atoms with Crippen molar-refractivity contribution in [3.63, 3.8) is 0 Å². The smallest absolute Gasteiger partial charge is 0.330 e. The molecule has 0 N–H and O–H groups in total. The summed E-state index contributed by atoms with van der Waals surface area (Å²) in [6.45, 7) is 5.64. The molecule has 1 aromatic heterocycles. The van der Waals surface area contributed by atoms with E-state index >= 15 is 0 Å². The summed E-state index contributed by atoms with van der Waals surface area (Å²) in [6.07, 6.45) is 3.12. The maximum Gasteiger partial charge on any atom is 0.330 e. The Morgan fingerprint density at radius 1 is 1.53 bits per heavy atom. The lowest BCUT2D eigenvalue weighted by Gasteiger charge is -2.07. The molecule has 0 aliphatic carbocycles. The third-order valence-electron chi connectivity index (χ3n) is 2.01. The van der Waals surface area contributed by atoms with E-state index in [1.165, 1.54) is 13.2 Å². The minimum absolute atomic E-state index is 0.00898. The Balaban J connectivity index is 2.77. The van der Waals surface area contributed by atoms with E-state index in [-0.39, 0.29) is 12.0 Å². The number of allylic oxidation sites excluding steroid dienone is 1. The predicted molar refractivity (Wildman–Crippen MR) is 55.4 cm³/mol. The fraction of sp³-hybridized carbons (Fsp3) is 0.500. The van der Waals surface area contributed by atoms with Gasteiger partial charge < -0.3 is 4.74 Å². The van der Waals surface area contributed by atoms with E-state index in [1.807, 2.05) is 20.8 Å². The van der Waals surface area contributed by atoms with Crippen LogP contribution in [0.15, 0.2) is 12.2 Å².